The lowest BCUT2D eigenvalue weighted by molar-refractivity contribution is -0.141. The molecule has 0 fully saturated rings. The second-order valence-electron chi connectivity index (χ2n) is 6.58. The van der Waals surface area contributed by atoms with Gasteiger partial charge in [-0.1, -0.05) is 40.5 Å². The zero-order valence-electron chi connectivity index (χ0n) is 13.5. The lowest BCUT2D eigenvalue weighted by Crippen LogP contribution is -2.22. The summed E-state index contributed by atoms with van der Waals surface area (Å²) in [5.41, 5.74) is 1.94. The first-order chi connectivity index (χ1) is 8.86. The molecule has 2 heteroatoms. The van der Waals surface area contributed by atoms with Gasteiger partial charge in [-0.15, -0.1) is 0 Å². The van der Waals surface area contributed by atoms with Crippen LogP contribution in [0.15, 0.2) is 11.1 Å². The van der Waals surface area contributed by atoms with Crippen molar-refractivity contribution in [1.82, 2.24) is 0 Å². The van der Waals surface area contributed by atoms with Gasteiger partial charge < -0.3 is 4.74 Å². The number of rotatable bonds is 7. The van der Waals surface area contributed by atoms with Gasteiger partial charge in [0.15, 0.2) is 0 Å². The summed E-state index contributed by atoms with van der Waals surface area (Å²) in [5, 5.41) is 0. The SMILES string of the molecule is CCC[C@H](C)C[C@H](C)C[C@H](C)[C@H]1OC(=O)C(C)=C1C. The van der Waals surface area contributed by atoms with Crippen molar-refractivity contribution in [3.8, 4) is 0 Å². The number of cyclic esters (lactones) is 1. The maximum atomic E-state index is 11.6. The van der Waals surface area contributed by atoms with Crippen LogP contribution in [0.25, 0.3) is 0 Å². The highest BCUT2D eigenvalue weighted by Gasteiger charge is 2.33. The zero-order chi connectivity index (χ0) is 14.6. The fourth-order valence-corrected chi connectivity index (χ4v) is 3.36. The van der Waals surface area contributed by atoms with E-state index in [4.69, 9.17) is 4.74 Å². The van der Waals surface area contributed by atoms with Crippen molar-refractivity contribution in [2.45, 2.75) is 73.3 Å². The summed E-state index contributed by atoms with van der Waals surface area (Å²) in [5.74, 6) is 1.80. The normalized spacial score (nSPS) is 24.3. The largest absolute Gasteiger partial charge is 0.454 e. The molecule has 1 heterocycles. The third kappa shape index (κ3) is 4.36. The second-order valence-corrected chi connectivity index (χ2v) is 6.58. The molecule has 0 amide bonds. The van der Waals surface area contributed by atoms with E-state index in [1.54, 1.807) is 0 Å². The molecule has 4 atom stereocenters. The van der Waals surface area contributed by atoms with E-state index in [2.05, 4.69) is 27.7 Å². The fraction of sp³-hybridized carbons (Fsp3) is 0.824. The van der Waals surface area contributed by atoms with Gasteiger partial charge in [-0.2, -0.15) is 0 Å². The maximum absolute atomic E-state index is 11.6. The Kier molecular flexibility index (Phi) is 6.09. The molecular formula is C17H30O2. The van der Waals surface area contributed by atoms with Gasteiger partial charge >= 0.3 is 5.97 Å². The van der Waals surface area contributed by atoms with Gasteiger partial charge in [0.05, 0.1) is 0 Å². The Morgan fingerprint density at radius 3 is 2.21 bits per heavy atom. The maximum Gasteiger partial charge on any atom is 0.334 e. The van der Waals surface area contributed by atoms with Crippen molar-refractivity contribution in [3.63, 3.8) is 0 Å². The monoisotopic (exact) mass is 266 g/mol. The first-order valence-electron chi connectivity index (χ1n) is 7.75. The topological polar surface area (TPSA) is 26.3 Å². The minimum absolute atomic E-state index is 0.0106. The van der Waals surface area contributed by atoms with Gasteiger partial charge in [-0.25, -0.2) is 4.79 Å². The van der Waals surface area contributed by atoms with Crippen LogP contribution < -0.4 is 0 Å². The Balaban J connectivity index is 2.47. The Morgan fingerprint density at radius 1 is 1.11 bits per heavy atom. The highest BCUT2D eigenvalue weighted by molar-refractivity contribution is 5.91. The quantitative estimate of drug-likeness (QED) is 0.622. The van der Waals surface area contributed by atoms with Crippen LogP contribution in [0.4, 0.5) is 0 Å². The van der Waals surface area contributed by atoms with Crippen LogP contribution in [0.5, 0.6) is 0 Å². The Labute approximate surface area is 118 Å². The highest BCUT2D eigenvalue weighted by atomic mass is 16.5. The van der Waals surface area contributed by atoms with Crippen LogP contribution in [0.2, 0.25) is 0 Å². The van der Waals surface area contributed by atoms with Gasteiger partial charge in [-0.3, -0.25) is 0 Å². The molecule has 0 saturated heterocycles. The van der Waals surface area contributed by atoms with E-state index >= 15 is 0 Å². The fourth-order valence-electron chi connectivity index (χ4n) is 3.36. The molecule has 0 bridgehead atoms. The predicted molar refractivity (Wildman–Crippen MR) is 79.9 cm³/mol. The molecule has 0 aliphatic carbocycles. The van der Waals surface area contributed by atoms with E-state index in [1.165, 1.54) is 19.3 Å². The molecule has 0 unspecified atom stereocenters. The van der Waals surface area contributed by atoms with E-state index in [1.807, 2.05) is 13.8 Å². The minimum Gasteiger partial charge on any atom is -0.454 e. The van der Waals surface area contributed by atoms with Gasteiger partial charge in [-0.05, 0) is 50.0 Å². The van der Waals surface area contributed by atoms with Gasteiger partial charge in [0.2, 0.25) is 0 Å². The van der Waals surface area contributed by atoms with Crippen molar-refractivity contribution in [2.75, 3.05) is 0 Å². The van der Waals surface area contributed by atoms with Crippen molar-refractivity contribution in [2.24, 2.45) is 17.8 Å². The molecule has 1 rings (SSSR count). The number of carbonyl (C=O) groups is 1. The van der Waals surface area contributed by atoms with E-state index in [9.17, 15) is 4.79 Å². The predicted octanol–water partition coefficient (Wildman–Crippen LogP) is 4.74. The molecule has 0 spiro atoms. The summed E-state index contributed by atoms with van der Waals surface area (Å²) in [4.78, 5) is 11.6. The number of hydrogen-bond acceptors (Lipinski definition) is 2. The average Bonchev–Trinajstić information content (AvgIpc) is 2.57. The highest BCUT2D eigenvalue weighted by Crippen LogP contribution is 2.32. The molecule has 0 aromatic heterocycles. The lowest BCUT2D eigenvalue weighted by Gasteiger charge is -2.24. The van der Waals surface area contributed by atoms with Gasteiger partial charge in [0.25, 0.3) is 0 Å². The van der Waals surface area contributed by atoms with Crippen molar-refractivity contribution >= 4 is 5.97 Å². The summed E-state index contributed by atoms with van der Waals surface area (Å²) < 4.78 is 5.49. The third-order valence-electron chi connectivity index (χ3n) is 4.44. The molecule has 19 heavy (non-hydrogen) atoms. The first kappa shape index (κ1) is 16.3. The number of carbonyl (C=O) groups excluding carboxylic acids is 1. The van der Waals surface area contributed by atoms with Gasteiger partial charge in [0.1, 0.15) is 6.10 Å². The van der Waals surface area contributed by atoms with E-state index < -0.39 is 0 Å². The van der Waals surface area contributed by atoms with Crippen LogP contribution in [-0.2, 0) is 9.53 Å². The summed E-state index contributed by atoms with van der Waals surface area (Å²) in [6.45, 7) is 13.0. The summed E-state index contributed by atoms with van der Waals surface area (Å²) in [6, 6.07) is 0. The summed E-state index contributed by atoms with van der Waals surface area (Å²) in [6.07, 6.45) is 5.01. The molecule has 0 aromatic rings. The first-order valence-corrected chi connectivity index (χ1v) is 7.75. The Morgan fingerprint density at radius 2 is 1.74 bits per heavy atom. The van der Waals surface area contributed by atoms with Crippen LogP contribution >= 0.6 is 0 Å². The van der Waals surface area contributed by atoms with Crippen LogP contribution in [-0.4, -0.2) is 12.1 Å². The van der Waals surface area contributed by atoms with Crippen LogP contribution in [0.3, 0.4) is 0 Å². The van der Waals surface area contributed by atoms with Crippen LogP contribution in [0.1, 0.15) is 67.2 Å². The smallest absolute Gasteiger partial charge is 0.334 e. The molecule has 1 aliphatic rings. The minimum atomic E-state index is -0.124. The molecule has 0 radical (unpaired) electrons. The third-order valence-corrected chi connectivity index (χ3v) is 4.44. The molecule has 110 valence electrons. The number of ether oxygens (including phenoxy) is 1. The molecule has 0 aromatic carbocycles. The standard InChI is InChI=1S/C17H30O2/c1-7-8-11(2)9-12(3)10-13(4)16-14(5)15(6)17(18)19-16/h11-13,16H,7-10H2,1-6H3/t11-,12-,13-,16+/m0/s1. The molecular weight excluding hydrogens is 236 g/mol. The zero-order valence-corrected chi connectivity index (χ0v) is 13.5. The number of hydrogen-bond donors (Lipinski definition) is 0. The number of esters is 1. The van der Waals surface area contributed by atoms with Gasteiger partial charge in [0, 0.05) is 5.57 Å². The molecule has 0 N–H and O–H groups in total. The Bertz CT molecular complexity index is 343. The second kappa shape index (κ2) is 7.12. The molecule has 2 nitrogen and oxygen atoms in total. The molecule has 0 saturated carbocycles. The van der Waals surface area contributed by atoms with Crippen LogP contribution in [0, 0.1) is 17.8 Å². The van der Waals surface area contributed by atoms with E-state index in [0.717, 1.165) is 23.5 Å². The van der Waals surface area contributed by atoms with Crippen molar-refractivity contribution in [1.29, 1.82) is 0 Å². The van der Waals surface area contributed by atoms with Crippen molar-refractivity contribution < 1.29 is 9.53 Å². The van der Waals surface area contributed by atoms with E-state index in [-0.39, 0.29) is 12.1 Å². The average molecular weight is 266 g/mol. The summed E-state index contributed by atoms with van der Waals surface area (Å²) >= 11 is 0. The van der Waals surface area contributed by atoms with Crippen molar-refractivity contribution in [3.05, 3.63) is 11.1 Å². The summed E-state index contributed by atoms with van der Waals surface area (Å²) in [7, 11) is 0. The van der Waals surface area contributed by atoms with E-state index in [0.29, 0.717) is 11.8 Å². The Hall–Kier alpha value is -0.790. The molecule has 1 aliphatic heterocycles. The lowest BCUT2D eigenvalue weighted by atomic mass is 9.84.